The van der Waals surface area contributed by atoms with E-state index in [9.17, 15) is 13.6 Å². The topological polar surface area (TPSA) is 47.9 Å². The van der Waals surface area contributed by atoms with Gasteiger partial charge in [0.2, 0.25) is 5.90 Å². The van der Waals surface area contributed by atoms with Crippen LogP contribution in [0, 0.1) is 17.0 Å². The van der Waals surface area contributed by atoms with Gasteiger partial charge in [0.1, 0.15) is 35.6 Å². The number of benzene rings is 3. The van der Waals surface area contributed by atoms with Crippen molar-refractivity contribution in [3.63, 3.8) is 0 Å². The highest BCUT2D eigenvalue weighted by Gasteiger charge is 2.26. The van der Waals surface area contributed by atoms with Gasteiger partial charge in [-0.05, 0) is 61.7 Å². The molecule has 164 valence electrons. The third kappa shape index (κ3) is 4.54. The molecule has 1 heterocycles. The standard InChI is InChI=1S/C26H23F2NO3/c1-26(2,3)25(30)32-19-13-11-17(12-14-19)16-7-9-18(10-8-16)22-15-31-24(29-22)23-20(27)5-4-6-21(23)28/h4-14,22H,15H2,1-3H3. The number of rotatable bonds is 4. The number of carbonyl (C=O) groups excluding carboxylic acids is 1. The zero-order valence-corrected chi connectivity index (χ0v) is 18.1. The molecule has 1 atom stereocenters. The van der Waals surface area contributed by atoms with Crippen molar-refractivity contribution in [3.05, 3.63) is 89.5 Å². The fourth-order valence-electron chi connectivity index (χ4n) is 3.26. The molecule has 0 N–H and O–H groups in total. The predicted octanol–water partition coefficient (Wildman–Crippen LogP) is 6.10. The molecule has 0 spiro atoms. The molecule has 0 saturated carbocycles. The monoisotopic (exact) mass is 435 g/mol. The number of ether oxygens (including phenoxy) is 2. The summed E-state index contributed by atoms with van der Waals surface area (Å²) in [5, 5.41) is 0. The Balaban J connectivity index is 1.48. The maximum Gasteiger partial charge on any atom is 0.316 e. The Morgan fingerprint density at radius 1 is 0.938 bits per heavy atom. The van der Waals surface area contributed by atoms with Gasteiger partial charge in [0, 0.05) is 0 Å². The Kier molecular flexibility index (Phi) is 5.78. The first kappa shape index (κ1) is 21.7. The molecule has 6 heteroatoms. The zero-order valence-electron chi connectivity index (χ0n) is 18.1. The number of hydrogen-bond acceptors (Lipinski definition) is 4. The predicted molar refractivity (Wildman–Crippen MR) is 119 cm³/mol. The highest BCUT2D eigenvalue weighted by atomic mass is 19.1. The van der Waals surface area contributed by atoms with E-state index < -0.39 is 17.0 Å². The summed E-state index contributed by atoms with van der Waals surface area (Å²) in [6, 6.07) is 18.4. The highest BCUT2D eigenvalue weighted by molar-refractivity contribution is 5.95. The molecule has 0 saturated heterocycles. The van der Waals surface area contributed by atoms with Gasteiger partial charge in [0.25, 0.3) is 0 Å². The molecule has 3 aromatic carbocycles. The number of esters is 1. The largest absolute Gasteiger partial charge is 0.475 e. The molecule has 0 radical (unpaired) electrons. The van der Waals surface area contributed by atoms with Crippen LogP contribution in [0.4, 0.5) is 8.78 Å². The first-order valence-corrected chi connectivity index (χ1v) is 10.3. The minimum Gasteiger partial charge on any atom is -0.475 e. The van der Waals surface area contributed by atoms with Gasteiger partial charge in [-0.3, -0.25) is 4.79 Å². The lowest BCUT2D eigenvalue weighted by Crippen LogP contribution is -2.25. The van der Waals surface area contributed by atoms with E-state index in [-0.39, 0.29) is 30.1 Å². The number of carbonyl (C=O) groups is 1. The van der Waals surface area contributed by atoms with Crippen LogP contribution in [0.1, 0.15) is 37.9 Å². The van der Waals surface area contributed by atoms with Gasteiger partial charge in [-0.25, -0.2) is 13.8 Å². The van der Waals surface area contributed by atoms with Crippen LogP contribution in [0.3, 0.4) is 0 Å². The third-order valence-electron chi connectivity index (χ3n) is 5.13. The summed E-state index contributed by atoms with van der Waals surface area (Å²) in [6.45, 7) is 5.64. The Bertz CT molecular complexity index is 1140. The number of hydrogen-bond donors (Lipinski definition) is 0. The Morgan fingerprint density at radius 2 is 1.50 bits per heavy atom. The van der Waals surface area contributed by atoms with Crippen LogP contribution >= 0.6 is 0 Å². The van der Waals surface area contributed by atoms with Crippen LogP contribution in [-0.4, -0.2) is 18.5 Å². The van der Waals surface area contributed by atoms with E-state index in [1.807, 2.05) is 36.4 Å². The molecule has 32 heavy (non-hydrogen) atoms. The molecule has 0 aromatic heterocycles. The van der Waals surface area contributed by atoms with Gasteiger partial charge in [0.15, 0.2) is 0 Å². The molecule has 0 bridgehead atoms. The molecule has 3 aromatic rings. The van der Waals surface area contributed by atoms with Gasteiger partial charge < -0.3 is 9.47 Å². The third-order valence-corrected chi connectivity index (χ3v) is 5.13. The Morgan fingerprint density at radius 3 is 2.06 bits per heavy atom. The minimum absolute atomic E-state index is 0.0185. The number of nitrogens with zero attached hydrogens (tertiary/aromatic N) is 1. The van der Waals surface area contributed by atoms with E-state index in [4.69, 9.17) is 9.47 Å². The summed E-state index contributed by atoms with van der Waals surface area (Å²) >= 11 is 0. The number of halogens is 2. The van der Waals surface area contributed by atoms with Crippen LogP contribution < -0.4 is 4.74 Å². The summed E-state index contributed by atoms with van der Waals surface area (Å²) in [4.78, 5) is 16.4. The van der Waals surface area contributed by atoms with Gasteiger partial charge >= 0.3 is 5.97 Å². The lowest BCUT2D eigenvalue weighted by atomic mass is 9.97. The molecule has 1 aliphatic rings. The van der Waals surface area contributed by atoms with Crippen LogP contribution in [-0.2, 0) is 9.53 Å². The van der Waals surface area contributed by atoms with E-state index >= 15 is 0 Å². The van der Waals surface area contributed by atoms with E-state index in [2.05, 4.69) is 4.99 Å². The zero-order chi connectivity index (χ0) is 22.9. The molecular formula is C26H23F2NO3. The summed E-state index contributed by atoms with van der Waals surface area (Å²) < 4.78 is 38.9. The molecule has 0 fully saturated rings. The maximum atomic E-state index is 14.0. The van der Waals surface area contributed by atoms with Crippen molar-refractivity contribution in [2.75, 3.05) is 6.61 Å². The van der Waals surface area contributed by atoms with Gasteiger partial charge in [-0.2, -0.15) is 0 Å². The van der Waals surface area contributed by atoms with Crippen molar-refractivity contribution < 1.29 is 23.0 Å². The molecule has 4 rings (SSSR count). The normalized spacial score (nSPS) is 15.8. The quantitative estimate of drug-likeness (QED) is 0.367. The Labute approximate surface area is 185 Å². The molecular weight excluding hydrogens is 412 g/mol. The fourth-order valence-corrected chi connectivity index (χ4v) is 3.26. The average molecular weight is 435 g/mol. The van der Waals surface area contributed by atoms with Gasteiger partial charge in [-0.1, -0.05) is 42.5 Å². The Hall–Kier alpha value is -3.54. The lowest BCUT2D eigenvalue weighted by Gasteiger charge is -2.16. The summed E-state index contributed by atoms with van der Waals surface area (Å²) in [5.74, 6) is -1.21. The summed E-state index contributed by atoms with van der Waals surface area (Å²) in [6.07, 6.45) is 0. The van der Waals surface area contributed by atoms with Gasteiger partial charge in [0.05, 0.1) is 5.41 Å². The first-order valence-electron chi connectivity index (χ1n) is 10.3. The maximum absolute atomic E-state index is 14.0. The second-order valence-electron chi connectivity index (χ2n) is 8.64. The van der Waals surface area contributed by atoms with E-state index in [1.54, 1.807) is 32.9 Å². The van der Waals surface area contributed by atoms with Crippen molar-refractivity contribution in [1.82, 2.24) is 0 Å². The summed E-state index contributed by atoms with van der Waals surface area (Å²) in [7, 11) is 0. The molecule has 0 amide bonds. The minimum atomic E-state index is -0.698. The lowest BCUT2D eigenvalue weighted by molar-refractivity contribution is -0.142. The van der Waals surface area contributed by atoms with Crippen LogP contribution in [0.15, 0.2) is 71.7 Å². The molecule has 1 unspecified atom stereocenters. The van der Waals surface area contributed by atoms with Crippen molar-refractivity contribution >= 4 is 11.9 Å². The highest BCUT2D eigenvalue weighted by Crippen LogP contribution is 2.30. The molecule has 1 aliphatic heterocycles. The van der Waals surface area contributed by atoms with Crippen molar-refractivity contribution in [2.24, 2.45) is 10.4 Å². The van der Waals surface area contributed by atoms with E-state index in [0.29, 0.717) is 5.75 Å². The van der Waals surface area contributed by atoms with Crippen LogP contribution in [0.25, 0.3) is 11.1 Å². The SMILES string of the molecule is CC(C)(C)C(=O)Oc1ccc(-c2ccc(C3COC(c4c(F)cccc4F)=N3)cc2)cc1. The molecule has 0 aliphatic carbocycles. The van der Waals surface area contributed by atoms with Crippen molar-refractivity contribution in [1.29, 1.82) is 0 Å². The van der Waals surface area contributed by atoms with E-state index in [0.717, 1.165) is 16.7 Å². The fraction of sp³-hybridized carbons (Fsp3) is 0.231. The number of aliphatic imine (C=N–C) groups is 1. The second kappa shape index (κ2) is 8.54. The van der Waals surface area contributed by atoms with Crippen LogP contribution in [0.5, 0.6) is 5.75 Å². The average Bonchev–Trinajstić information content (AvgIpc) is 3.23. The van der Waals surface area contributed by atoms with Gasteiger partial charge in [-0.15, -0.1) is 0 Å². The van der Waals surface area contributed by atoms with Crippen molar-refractivity contribution in [2.45, 2.75) is 26.8 Å². The van der Waals surface area contributed by atoms with E-state index in [1.165, 1.54) is 18.2 Å². The molecule has 4 nitrogen and oxygen atoms in total. The summed E-state index contributed by atoms with van der Waals surface area (Å²) in [5.41, 5.74) is 2.02. The van der Waals surface area contributed by atoms with Crippen molar-refractivity contribution in [3.8, 4) is 16.9 Å². The first-order chi connectivity index (χ1) is 15.2. The van der Waals surface area contributed by atoms with Crippen LogP contribution in [0.2, 0.25) is 0 Å². The smallest absolute Gasteiger partial charge is 0.316 e. The second-order valence-corrected chi connectivity index (χ2v) is 8.64.